The van der Waals surface area contributed by atoms with Crippen LogP contribution in [0.15, 0.2) is 292 Å². The van der Waals surface area contributed by atoms with Crippen molar-refractivity contribution in [1.29, 1.82) is 5.26 Å². The molecule has 0 spiro atoms. The number of aldehydes is 1. The van der Waals surface area contributed by atoms with E-state index in [9.17, 15) is 14.7 Å². The molecule has 0 aliphatic heterocycles. The molecule has 7 N–H and O–H groups in total. The van der Waals surface area contributed by atoms with Crippen molar-refractivity contribution in [2.24, 2.45) is 0 Å². The number of aliphatic hydroxyl groups excluding tert-OH is 1. The molecule has 12 heterocycles. The van der Waals surface area contributed by atoms with E-state index in [0.717, 1.165) is 126 Å². The maximum absolute atomic E-state index is 12.3. The molecule has 0 bridgehead atoms. The van der Waals surface area contributed by atoms with Crippen molar-refractivity contribution in [2.45, 2.75) is 109 Å². The van der Waals surface area contributed by atoms with Crippen LogP contribution in [0.4, 0.5) is 0 Å². The Bertz CT molecular complexity index is 7030. The summed E-state index contributed by atoms with van der Waals surface area (Å²) in [6.07, 6.45) is 16.8. The SMILES string of the molecule is Cc1ccc(-c2[nH]c3ccc(C)c[n+]3c2C=O)cc1.Cc1ccc(-c2[nH]c3ccc(C)c[n+]3c2CC(=O)N(C)C)cc1.Cc1ccc(-c2[nH]c3ccc(C)c[n+]3c2CO)cc1.Cc1ccc(-c2[nH]c3ccc(C)c[n+]3c2Cc2ccccc2)cc1.Cc1ccc(-c2c[n+]3cc(C)ccc3[nH]2)cc1.[C-]#N.[C-]#[N+]Cc1c(-c2ccc(C)cc2)[nH]c2ccc(C)c[n+]12.[Na+]. The van der Waals surface area contributed by atoms with Gasteiger partial charge in [0.2, 0.25) is 17.3 Å². The number of pyridine rings is 6. The molecule has 19 rings (SSSR count). The minimum absolute atomic E-state index is 0. The molecule has 0 saturated carbocycles. The molecule has 12 aromatic heterocycles. The van der Waals surface area contributed by atoms with Crippen LogP contribution in [0.2, 0.25) is 0 Å². The topological polar surface area (TPSA) is 205 Å². The molecule has 0 aliphatic carbocycles. The number of benzene rings is 7. The number of hydrogen-bond donors (Lipinski definition) is 7. The molecule has 0 fully saturated rings. The van der Waals surface area contributed by atoms with Gasteiger partial charge in [-0.1, -0.05) is 209 Å². The van der Waals surface area contributed by atoms with Crippen LogP contribution < -0.4 is 56.0 Å². The van der Waals surface area contributed by atoms with Gasteiger partial charge in [-0.05, 0) is 158 Å². The van der Waals surface area contributed by atoms with Crippen LogP contribution in [0.25, 0.3) is 106 Å². The molecular weight excluding hydrogens is 1550 g/mol. The molecule has 125 heavy (non-hydrogen) atoms. The normalized spacial score (nSPS) is 10.7. The van der Waals surface area contributed by atoms with E-state index in [4.69, 9.17) is 18.4 Å². The van der Waals surface area contributed by atoms with Crippen molar-refractivity contribution >= 4 is 46.1 Å². The molecule has 0 atom stereocenters. The number of fused-ring (bicyclic) bond motifs is 6. The Morgan fingerprint density at radius 2 is 0.648 bits per heavy atom. The number of aromatic amines is 6. The predicted molar refractivity (Wildman–Crippen MR) is 491 cm³/mol. The molecule has 0 radical (unpaired) electrons. The van der Waals surface area contributed by atoms with E-state index in [1.54, 1.807) is 19.0 Å². The first kappa shape index (κ1) is 90.0. The second kappa shape index (κ2) is 41.1. The Kier molecular flexibility index (Phi) is 29.6. The fourth-order valence-corrected chi connectivity index (χ4v) is 15.0. The molecular formula is C106H106N15NaO3+6. The molecule has 19 aromatic rings. The summed E-state index contributed by atoms with van der Waals surface area (Å²) >= 11 is 0. The van der Waals surface area contributed by atoms with Gasteiger partial charge in [0, 0.05) is 90.3 Å². The Hall–Kier alpha value is -14.2. The fourth-order valence-electron chi connectivity index (χ4n) is 15.0. The van der Waals surface area contributed by atoms with Crippen LogP contribution in [-0.4, -0.2) is 66.2 Å². The first-order chi connectivity index (χ1) is 59.9. The second-order valence-corrected chi connectivity index (χ2v) is 32.1. The van der Waals surface area contributed by atoms with E-state index in [0.29, 0.717) is 18.7 Å². The number of likely N-dealkylation sites (N-methyl/N-ethyl adjacent to an activating group) is 1. The summed E-state index contributed by atoms with van der Waals surface area (Å²) in [6, 6.07) is 86.1. The fraction of sp³-hybridized carbons (Fsp3) is 0.170. The largest absolute Gasteiger partial charge is 1.00 e. The molecule has 18 nitrogen and oxygen atoms in total. The summed E-state index contributed by atoms with van der Waals surface area (Å²) in [5.74, 6) is 0.0910. The third kappa shape index (κ3) is 21.6. The number of amides is 1. The van der Waals surface area contributed by atoms with Gasteiger partial charge in [0.15, 0.2) is 57.5 Å². The van der Waals surface area contributed by atoms with Crippen molar-refractivity contribution < 1.29 is 70.7 Å². The Balaban J connectivity index is 0.000000136. The average molecular weight is 1660 g/mol. The van der Waals surface area contributed by atoms with Gasteiger partial charge in [0.25, 0.3) is 40.4 Å². The van der Waals surface area contributed by atoms with Gasteiger partial charge in [-0.25, -0.2) is 40.9 Å². The number of nitrogens with zero attached hydrogens (tertiary/aromatic N) is 9. The van der Waals surface area contributed by atoms with Gasteiger partial charge in [-0.3, -0.25) is 9.59 Å². The molecule has 19 heteroatoms. The smallest absolute Gasteiger partial charge is 0.512 e. The Morgan fingerprint density at radius 3 is 1.02 bits per heavy atom. The summed E-state index contributed by atoms with van der Waals surface area (Å²) in [5, 5.41) is 15.9. The van der Waals surface area contributed by atoms with Gasteiger partial charge >= 0.3 is 29.6 Å². The summed E-state index contributed by atoms with van der Waals surface area (Å²) in [6.45, 7) is 37.2. The quantitative estimate of drug-likeness (QED) is 0.0260. The first-order valence-corrected chi connectivity index (χ1v) is 41.4. The number of hydrogen-bond acceptors (Lipinski definition) is 4. The molecule has 0 aliphatic rings. The summed E-state index contributed by atoms with van der Waals surface area (Å²) in [4.78, 5) is 49.5. The van der Waals surface area contributed by atoms with E-state index in [2.05, 4.69) is 352 Å². The summed E-state index contributed by atoms with van der Waals surface area (Å²) in [7, 11) is 3.58. The Morgan fingerprint density at radius 1 is 0.352 bits per heavy atom. The number of imidazole rings is 6. The minimum Gasteiger partial charge on any atom is -0.512 e. The number of aromatic nitrogens is 12. The average Bonchev–Trinajstić information content (AvgIpc) is 1.65. The van der Waals surface area contributed by atoms with Crippen LogP contribution >= 0.6 is 0 Å². The van der Waals surface area contributed by atoms with Crippen LogP contribution in [0.5, 0.6) is 0 Å². The van der Waals surface area contributed by atoms with E-state index in [-0.39, 0.29) is 42.1 Å². The first-order valence-electron chi connectivity index (χ1n) is 41.4. The van der Waals surface area contributed by atoms with Crippen molar-refractivity contribution in [3.05, 3.63) is 411 Å². The third-order valence-corrected chi connectivity index (χ3v) is 21.8. The molecule has 1 amide bonds. The molecule has 618 valence electrons. The van der Waals surface area contributed by atoms with Crippen molar-refractivity contribution in [3.63, 3.8) is 0 Å². The van der Waals surface area contributed by atoms with Crippen LogP contribution in [0, 0.1) is 101 Å². The van der Waals surface area contributed by atoms with Crippen molar-refractivity contribution in [1.82, 2.24) is 34.8 Å². The van der Waals surface area contributed by atoms with Crippen molar-refractivity contribution in [3.8, 4) is 67.5 Å². The molecule has 0 unspecified atom stereocenters. The van der Waals surface area contributed by atoms with Gasteiger partial charge in [0.05, 0.1) is 43.6 Å². The van der Waals surface area contributed by atoms with E-state index >= 15 is 0 Å². The maximum Gasteiger partial charge on any atom is 1.00 e. The van der Waals surface area contributed by atoms with E-state index in [1.165, 1.54) is 83.7 Å². The number of H-pyrrole nitrogens is 6. The summed E-state index contributed by atoms with van der Waals surface area (Å²) < 4.78 is 12.5. The zero-order valence-electron chi connectivity index (χ0n) is 73.9. The van der Waals surface area contributed by atoms with E-state index < -0.39 is 0 Å². The maximum atomic E-state index is 12.3. The number of carbonyl (C=O) groups is 2. The van der Waals surface area contributed by atoms with Gasteiger partial charge < -0.3 is 26.7 Å². The number of aryl methyl sites for hydroxylation is 12. The van der Waals surface area contributed by atoms with Gasteiger partial charge in [-0.15, -0.1) is 0 Å². The number of nitrogens with one attached hydrogen (secondary N) is 6. The van der Waals surface area contributed by atoms with E-state index in [1.807, 2.05) is 84.4 Å². The molecule has 0 saturated heterocycles. The Labute approximate surface area is 752 Å². The monoisotopic (exact) mass is 1660 g/mol. The van der Waals surface area contributed by atoms with Crippen molar-refractivity contribution in [2.75, 3.05) is 14.1 Å². The summed E-state index contributed by atoms with van der Waals surface area (Å²) in [5.41, 5.74) is 40.0. The number of rotatable bonds is 13. The number of aliphatic hydroxyl groups is 1. The minimum atomic E-state index is 0. The van der Waals surface area contributed by atoms with Gasteiger partial charge in [-0.2, -0.15) is 22.0 Å². The van der Waals surface area contributed by atoms with Crippen LogP contribution in [-0.2, 0) is 30.8 Å². The van der Waals surface area contributed by atoms with Crippen LogP contribution in [0.1, 0.15) is 106 Å². The third-order valence-electron chi connectivity index (χ3n) is 21.8. The standard InChI is InChI=1S/C22H20N2.C19H21N3O.C17H15N3.C16H16N2O.C16H14N2O.C15H14N2.CN.Na/c1-16-8-11-19(12-9-16)22-20(14-18-6-4-3-5-7-18)24-15-17(2)10-13-21(24)23-22;1-13-5-8-15(9-6-13)19-16(11-18(23)21(3)4)22-12-14(2)7-10-17(22)20-19;1-12-4-7-14(8-5-12)17-15(10-18-3)20-11-13(2)6-9-16(20)19-17;2*1-11-3-6-13(7-4-11)16-14(10-19)18-9-12(2)5-8-15(18)17-16;1-11-3-6-13(7-4-11)14-10-17-9-12(2)5-8-15(17)16-14;1-2;/h3-13,15H,14H2,1-2H3;5-10,12H,11H2,1-4H3;4-9,11H,10H2,1-2H3;3-9,19H,10H2,1-2H3;3-10H,1-2H3;3-10H,1-2H3;;/q;;;;;;-1;+1/p+6. The van der Waals surface area contributed by atoms with Gasteiger partial charge in [0.1, 0.15) is 12.8 Å². The zero-order valence-corrected chi connectivity index (χ0v) is 75.9. The number of carbonyl (C=O) groups excluding carboxylic acids is 2. The van der Waals surface area contributed by atoms with Crippen LogP contribution in [0.3, 0.4) is 0 Å². The predicted octanol–water partition coefficient (Wildman–Crippen LogP) is 16.3. The zero-order chi connectivity index (χ0) is 87.8. The molecule has 7 aromatic carbocycles. The second-order valence-electron chi connectivity index (χ2n) is 32.1.